The number of hydrogen-bond donors (Lipinski definition) is 2. The van der Waals surface area contributed by atoms with Gasteiger partial charge in [0.25, 0.3) is 5.91 Å². The number of benzene rings is 2. The van der Waals surface area contributed by atoms with Crippen LogP contribution in [-0.4, -0.2) is 34.4 Å². The minimum atomic E-state index is -0.500. The number of esters is 1. The van der Waals surface area contributed by atoms with Crippen molar-refractivity contribution in [3.63, 3.8) is 0 Å². The number of aromatic nitrogens is 1. The minimum absolute atomic E-state index is 0.0252. The highest BCUT2D eigenvalue weighted by Gasteiger charge is 2.22. The second-order valence-corrected chi connectivity index (χ2v) is 6.75. The lowest BCUT2D eigenvalue weighted by Gasteiger charge is -2.07. The molecule has 1 aromatic heterocycles. The minimum Gasteiger partial charge on any atom is -0.508 e. The first-order valence-electron chi connectivity index (χ1n) is 8.97. The normalized spacial score (nSPS) is 11.1. The van der Waals surface area contributed by atoms with E-state index in [2.05, 4.69) is 10.5 Å². The average molecular weight is 414 g/mol. The number of fused-ring (bicyclic) bond motifs is 1. The Bertz CT molecular complexity index is 1090. The van der Waals surface area contributed by atoms with Gasteiger partial charge in [0.15, 0.2) is 0 Å². The molecule has 0 radical (unpaired) electrons. The summed E-state index contributed by atoms with van der Waals surface area (Å²) in [7, 11) is 0. The largest absolute Gasteiger partial charge is 0.508 e. The number of amides is 1. The molecule has 1 amide bonds. The van der Waals surface area contributed by atoms with Crippen molar-refractivity contribution >= 4 is 40.6 Å². The SMILES string of the molecule is CCOC(=O)c1c(C)n(CC(=O)N/N=C/c2ccc(Cl)cc2)c2ccc(O)cc12. The summed E-state index contributed by atoms with van der Waals surface area (Å²) < 4.78 is 6.82. The topological polar surface area (TPSA) is 92.9 Å². The molecule has 0 saturated carbocycles. The van der Waals surface area contributed by atoms with Crippen molar-refractivity contribution in [3.05, 3.63) is 64.3 Å². The lowest BCUT2D eigenvalue weighted by Crippen LogP contribution is -2.24. The molecule has 1 heterocycles. The first-order valence-corrected chi connectivity index (χ1v) is 9.35. The van der Waals surface area contributed by atoms with Gasteiger partial charge in [-0.05, 0) is 49.7 Å². The number of phenolic OH excluding ortho intramolecular Hbond substituents is 1. The molecule has 2 aromatic carbocycles. The smallest absolute Gasteiger partial charge is 0.340 e. The first kappa shape index (κ1) is 20.4. The Morgan fingerprint density at radius 3 is 2.66 bits per heavy atom. The van der Waals surface area contributed by atoms with E-state index in [1.165, 1.54) is 18.3 Å². The molecule has 0 aliphatic carbocycles. The highest BCUT2D eigenvalue weighted by molar-refractivity contribution is 6.30. The number of nitrogens with zero attached hydrogens (tertiary/aromatic N) is 2. The van der Waals surface area contributed by atoms with Crippen LogP contribution >= 0.6 is 11.6 Å². The first-order chi connectivity index (χ1) is 13.9. The van der Waals surface area contributed by atoms with Gasteiger partial charge in [-0.15, -0.1) is 0 Å². The zero-order chi connectivity index (χ0) is 21.0. The molecule has 3 rings (SSSR count). The molecule has 0 unspecified atom stereocenters. The molecule has 0 fully saturated rings. The highest BCUT2D eigenvalue weighted by atomic mass is 35.5. The third kappa shape index (κ3) is 4.57. The van der Waals surface area contributed by atoms with Crippen molar-refractivity contribution < 1.29 is 19.4 Å². The van der Waals surface area contributed by atoms with E-state index in [-0.39, 0.29) is 24.8 Å². The second kappa shape index (κ2) is 8.79. The van der Waals surface area contributed by atoms with Crippen molar-refractivity contribution in [1.82, 2.24) is 9.99 Å². The Hall–Kier alpha value is -3.32. The maximum absolute atomic E-state index is 12.4. The second-order valence-electron chi connectivity index (χ2n) is 6.31. The zero-order valence-corrected chi connectivity index (χ0v) is 16.7. The molecule has 3 aromatic rings. The van der Waals surface area contributed by atoms with Gasteiger partial charge in [0.2, 0.25) is 0 Å². The third-order valence-electron chi connectivity index (χ3n) is 4.36. The molecule has 0 aliphatic heterocycles. The molecule has 0 bridgehead atoms. The summed E-state index contributed by atoms with van der Waals surface area (Å²) in [6, 6.07) is 11.7. The quantitative estimate of drug-likeness (QED) is 0.366. The fraction of sp³-hybridized carbons (Fsp3) is 0.190. The predicted molar refractivity (Wildman–Crippen MR) is 111 cm³/mol. The van der Waals surface area contributed by atoms with Crippen LogP contribution in [0.4, 0.5) is 0 Å². The molecule has 150 valence electrons. The Morgan fingerprint density at radius 1 is 1.24 bits per heavy atom. The summed E-state index contributed by atoms with van der Waals surface area (Å²) in [4.78, 5) is 24.8. The van der Waals surface area contributed by atoms with E-state index >= 15 is 0 Å². The molecule has 0 aliphatic rings. The van der Waals surface area contributed by atoms with Gasteiger partial charge in [0.1, 0.15) is 12.3 Å². The van der Waals surface area contributed by atoms with Gasteiger partial charge >= 0.3 is 5.97 Å². The zero-order valence-electron chi connectivity index (χ0n) is 16.0. The van der Waals surface area contributed by atoms with E-state index in [4.69, 9.17) is 16.3 Å². The van der Waals surface area contributed by atoms with Crippen LogP contribution in [0.2, 0.25) is 5.02 Å². The summed E-state index contributed by atoms with van der Waals surface area (Å²) in [5.41, 5.74) is 4.80. The van der Waals surface area contributed by atoms with Crippen LogP contribution in [-0.2, 0) is 16.1 Å². The van der Waals surface area contributed by atoms with E-state index in [0.717, 1.165) is 5.56 Å². The van der Waals surface area contributed by atoms with Crippen LogP contribution in [0.15, 0.2) is 47.6 Å². The Kier molecular flexibility index (Phi) is 6.19. The number of carbonyl (C=O) groups excluding carboxylic acids is 2. The summed E-state index contributed by atoms with van der Waals surface area (Å²) in [6.07, 6.45) is 1.51. The molecule has 7 nitrogen and oxygen atoms in total. The maximum Gasteiger partial charge on any atom is 0.340 e. The number of nitrogens with one attached hydrogen (secondary N) is 1. The van der Waals surface area contributed by atoms with Crippen LogP contribution in [0.5, 0.6) is 5.75 Å². The highest BCUT2D eigenvalue weighted by Crippen LogP contribution is 2.29. The van der Waals surface area contributed by atoms with E-state index in [1.807, 2.05) is 0 Å². The molecule has 29 heavy (non-hydrogen) atoms. The van der Waals surface area contributed by atoms with E-state index in [1.54, 1.807) is 48.7 Å². The number of carbonyl (C=O) groups is 2. The standard InChI is InChI=1S/C21H20ClN3O4/c1-3-29-21(28)20-13(2)25(18-9-8-16(26)10-17(18)20)12-19(27)24-23-11-14-4-6-15(22)7-5-14/h4-11,26H,3,12H2,1-2H3,(H,24,27)/b23-11+. The van der Waals surface area contributed by atoms with Gasteiger partial charge in [-0.2, -0.15) is 5.10 Å². The van der Waals surface area contributed by atoms with Gasteiger partial charge in [-0.3, -0.25) is 4.79 Å². The van der Waals surface area contributed by atoms with Crippen molar-refractivity contribution in [2.75, 3.05) is 6.61 Å². The van der Waals surface area contributed by atoms with Crippen molar-refractivity contribution in [2.45, 2.75) is 20.4 Å². The fourth-order valence-electron chi connectivity index (χ4n) is 3.04. The number of rotatable bonds is 6. The average Bonchev–Trinajstić information content (AvgIpc) is 2.94. The van der Waals surface area contributed by atoms with Crippen LogP contribution in [0, 0.1) is 6.92 Å². The van der Waals surface area contributed by atoms with E-state index in [9.17, 15) is 14.7 Å². The van der Waals surface area contributed by atoms with Crippen LogP contribution in [0.25, 0.3) is 10.9 Å². The number of hydrogen-bond acceptors (Lipinski definition) is 5. The molecule has 0 atom stereocenters. The van der Waals surface area contributed by atoms with E-state index in [0.29, 0.717) is 27.2 Å². The lowest BCUT2D eigenvalue weighted by molar-refractivity contribution is -0.121. The maximum atomic E-state index is 12.4. The summed E-state index contributed by atoms with van der Waals surface area (Å²) in [6.45, 7) is 3.62. The number of halogens is 1. The third-order valence-corrected chi connectivity index (χ3v) is 4.61. The van der Waals surface area contributed by atoms with Gasteiger partial charge in [0.05, 0.1) is 18.4 Å². The Labute approximate surface area is 172 Å². The lowest BCUT2D eigenvalue weighted by atomic mass is 10.1. The summed E-state index contributed by atoms with van der Waals surface area (Å²) >= 11 is 5.84. The number of aromatic hydroxyl groups is 1. The van der Waals surface area contributed by atoms with Crippen LogP contribution in [0.1, 0.15) is 28.5 Å². The molecular formula is C21H20ClN3O4. The van der Waals surface area contributed by atoms with Crippen molar-refractivity contribution in [3.8, 4) is 5.75 Å². The predicted octanol–water partition coefficient (Wildman–Crippen LogP) is 3.64. The molecular weight excluding hydrogens is 394 g/mol. The monoisotopic (exact) mass is 413 g/mol. The van der Waals surface area contributed by atoms with Crippen molar-refractivity contribution in [1.29, 1.82) is 0 Å². The Morgan fingerprint density at radius 2 is 1.97 bits per heavy atom. The van der Waals surface area contributed by atoms with Gasteiger partial charge in [-0.1, -0.05) is 23.7 Å². The van der Waals surface area contributed by atoms with Crippen molar-refractivity contribution in [2.24, 2.45) is 5.10 Å². The number of phenols is 1. The summed E-state index contributed by atoms with van der Waals surface area (Å²) in [5.74, 6) is -0.837. The van der Waals surface area contributed by atoms with Gasteiger partial charge in [-0.25, -0.2) is 10.2 Å². The van der Waals surface area contributed by atoms with Gasteiger partial charge < -0.3 is 14.4 Å². The van der Waals surface area contributed by atoms with Gasteiger partial charge in [0, 0.05) is 21.6 Å². The Balaban J connectivity index is 1.83. The molecule has 0 saturated heterocycles. The number of ether oxygens (including phenoxy) is 1. The van der Waals surface area contributed by atoms with E-state index < -0.39 is 5.97 Å². The molecule has 8 heteroatoms. The molecule has 2 N–H and O–H groups in total. The summed E-state index contributed by atoms with van der Waals surface area (Å²) in [5, 5.41) is 14.9. The fourth-order valence-corrected chi connectivity index (χ4v) is 3.17. The molecule has 0 spiro atoms. The van der Waals surface area contributed by atoms with Crippen LogP contribution < -0.4 is 5.43 Å². The number of hydrazone groups is 1. The van der Waals surface area contributed by atoms with Crippen LogP contribution in [0.3, 0.4) is 0 Å².